The van der Waals surface area contributed by atoms with E-state index in [0.29, 0.717) is 0 Å². The Hall–Kier alpha value is -1.25. The van der Waals surface area contributed by atoms with Crippen molar-refractivity contribution in [3.63, 3.8) is 0 Å². The quantitative estimate of drug-likeness (QED) is 0.538. The Labute approximate surface area is 66.1 Å². The molecular weight excluding hydrogens is 135 g/mol. The van der Waals surface area contributed by atoms with Crippen LogP contribution in [0.15, 0.2) is 18.3 Å². The third-order valence-corrected chi connectivity index (χ3v) is 1.81. The topological polar surface area (TPSA) is 28.7 Å². The van der Waals surface area contributed by atoms with Crippen molar-refractivity contribution in [2.45, 2.75) is 6.92 Å². The molecule has 0 aliphatic heterocycles. The van der Waals surface area contributed by atoms with Crippen molar-refractivity contribution in [1.82, 2.24) is 9.97 Å². The number of hydrogen-bond acceptors (Lipinski definition) is 1. The van der Waals surface area contributed by atoms with Crippen LogP contribution in [0.4, 0.5) is 0 Å². The molecular formula is C8H7BN2. The number of nitrogens with zero attached hydrogens (tertiary/aromatic N) is 1. The molecule has 0 saturated heterocycles. The van der Waals surface area contributed by atoms with E-state index in [9.17, 15) is 0 Å². The second-order valence-corrected chi connectivity index (χ2v) is 2.56. The monoisotopic (exact) mass is 142 g/mol. The number of fused-ring (bicyclic) bond motifs is 1. The zero-order valence-corrected chi connectivity index (χ0v) is 6.26. The molecule has 3 heteroatoms. The molecule has 0 fully saturated rings. The first-order chi connectivity index (χ1) is 5.29. The van der Waals surface area contributed by atoms with Crippen molar-refractivity contribution in [1.29, 1.82) is 0 Å². The van der Waals surface area contributed by atoms with E-state index in [2.05, 4.69) is 9.97 Å². The lowest BCUT2D eigenvalue weighted by molar-refractivity contribution is 1.26. The molecule has 52 valence electrons. The van der Waals surface area contributed by atoms with E-state index in [1.807, 2.05) is 19.1 Å². The molecule has 0 atom stereocenters. The lowest BCUT2D eigenvalue weighted by Gasteiger charge is -1.87. The average molecular weight is 142 g/mol. The van der Waals surface area contributed by atoms with Crippen LogP contribution < -0.4 is 5.46 Å². The van der Waals surface area contributed by atoms with Crippen molar-refractivity contribution in [2.75, 3.05) is 0 Å². The molecule has 2 radical (unpaired) electrons. The van der Waals surface area contributed by atoms with Crippen molar-refractivity contribution in [2.24, 2.45) is 0 Å². The molecule has 2 rings (SSSR count). The first-order valence-corrected chi connectivity index (χ1v) is 3.48. The second-order valence-electron chi connectivity index (χ2n) is 2.56. The van der Waals surface area contributed by atoms with Gasteiger partial charge in [0.05, 0.1) is 0 Å². The summed E-state index contributed by atoms with van der Waals surface area (Å²) in [7, 11) is 5.77. The molecule has 0 saturated carbocycles. The molecule has 2 nitrogen and oxygen atoms in total. The molecule has 0 aromatic carbocycles. The van der Waals surface area contributed by atoms with Gasteiger partial charge >= 0.3 is 0 Å². The van der Waals surface area contributed by atoms with Gasteiger partial charge in [-0.05, 0) is 13.0 Å². The zero-order chi connectivity index (χ0) is 7.84. The zero-order valence-electron chi connectivity index (χ0n) is 6.26. The van der Waals surface area contributed by atoms with E-state index >= 15 is 0 Å². The maximum atomic E-state index is 5.77. The highest BCUT2D eigenvalue weighted by Gasteiger charge is 2.01. The molecule has 2 aromatic heterocycles. The normalized spacial score (nSPS) is 10.6. The van der Waals surface area contributed by atoms with Gasteiger partial charge in [0, 0.05) is 17.3 Å². The van der Waals surface area contributed by atoms with Crippen LogP contribution in [-0.4, -0.2) is 17.8 Å². The van der Waals surface area contributed by atoms with Gasteiger partial charge in [0.15, 0.2) is 0 Å². The predicted molar refractivity (Wildman–Crippen MR) is 46.2 cm³/mol. The second kappa shape index (κ2) is 2.12. The third kappa shape index (κ3) is 0.844. The number of aryl methyl sites for hydroxylation is 1. The van der Waals surface area contributed by atoms with Gasteiger partial charge in [-0.2, -0.15) is 0 Å². The molecule has 0 aliphatic carbocycles. The summed E-state index contributed by atoms with van der Waals surface area (Å²) >= 11 is 0. The summed E-state index contributed by atoms with van der Waals surface area (Å²) < 4.78 is 0. The summed E-state index contributed by atoms with van der Waals surface area (Å²) in [4.78, 5) is 7.22. The fourth-order valence-electron chi connectivity index (χ4n) is 1.17. The van der Waals surface area contributed by atoms with Gasteiger partial charge in [0.25, 0.3) is 0 Å². The van der Waals surface area contributed by atoms with E-state index in [1.54, 1.807) is 6.20 Å². The Morgan fingerprint density at radius 1 is 1.55 bits per heavy atom. The minimum atomic E-state index is 0.799. The molecule has 0 spiro atoms. The number of aromatic nitrogens is 2. The Kier molecular flexibility index (Phi) is 1.25. The van der Waals surface area contributed by atoms with Crippen LogP contribution in [0.3, 0.4) is 0 Å². The molecule has 2 heterocycles. The SMILES string of the molecule is [B]c1c(C)[nH]c2ncccc12. The molecule has 0 unspecified atom stereocenters. The molecule has 0 amide bonds. The summed E-state index contributed by atoms with van der Waals surface area (Å²) in [5, 5.41) is 1.00. The Morgan fingerprint density at radius 3 is 3.09 bits per heavy atom. The number of pyridine rings is 1. The third-order valence-electron chi connectivity index (χ3n) is 1.81. The number of nitrogens with one attached hydrogen (secondary N) is 1. The van der Waals surface area contributed by atoms with Crippen LogP contribution in [0.1, 0.15) is 5.69 Å². The van der Waals surface area contributed by atoms with Crippen molar-refractivity contribution < 1.29 is 0 Å². The molecule has 1 N–H and O–H groups in total. The van der Waals surface area contributed by atoms with Gasteiger partial charge in [0.1, 0.15) is 13.5 Å². The van der Waals surface area contributed by atoms with Gasteiger partial charge in [-0.25, -0.2) is 4.98 Å². The number of hydrogen-bond donors (Lipinski definition) is 1. The summed E-state index contributed by atoms with van der Waals surface area (Å²) in [6.07, 6.45) is 1.75. The lowest BCUT2D eigenvalue weighted by Crippen LogP contribution is -2.02. The largest absolute Gasteiger partial charge is 0.344 e. The summed E-state index contributed by atoms with van der Waals surface area (Å²) in [5.41, 5.74) is 2.65. The minimum Gasteiger partial charge on any atom is -0.344 e. The summed E-state index contributed by atoms with van der Waals surface area (Å²) in [6.45, 7) is 1.94. The maximum absolute atomic E-state index is 5.77. The Morgan fingerprint density at radius 2 is 2.36 bits per heavy atom. The number of aromatic amines is 1. The summed E-state index contributed by atoms with van der Waals surface area (Å²) in [5.74, 6) is 0. The highest BCUT2D eigenvalue weighted by molar-refractivity contribution is 6.39. The maximum Gasteiger partial charge on any atom is 0.136 e. The fourth-order valence-corrected chi connectivity index (χ4v) is 1.17. The van der Waals surface area contributed by atoms with Crippen LogP contribution in [0.2, 0.25) is 0 Å². The Bertz CT molecular complexity index is 392. The van der Waals surface area contributed by atoms with Crippen LogP contribution >= 0.6 is 0 Å². The molecule has 2 aromatic rings. The first kappa shape index (κ1) is 6.46. The number of rotatable bonds is 0. The standard InChI is InChI=1S/C8H7BN2/c1-5-7(9)6-3-2-4-10-8(6)11-5/h2-4H,1H3,(H,10,11). The predicted octanol–water partition coefficient (Wildman–Crippen LogP) is 0.665. The van der Waals surface area contributed by atoms with Crippen LogP contribution in [0.5, 0.6) is 0 Å². The molecule has 0 bridgehead atoms. The Balaban J connectivity index is 2.92. The fraction of sp³-hybridized carbons (Fsp3) is 0.125. The highest BCUT2D eigenvalue weighted by atomic mass is 14.8. The van der Waals surface area contributed by atoms with Crippen LogP contribution in [0, 0.1) is 6.92 Å². The van der Waals surface area contributed by atoms with E-state index in [-0.39, 0.29) is 0 Å². The first-order valence-electron chi connectivity index (χ1n) is 3.48. The van der Waals surface area contributed by atoms with Gasteiger partial charge in [0.2, 0.25) is 0 Å². The van der Waals surface area contributed by atoms with Crippen LogP contribution in [-0.2, 0) is 0 Å². The average Bonchev–Trinajstić information content (AvgIpc) is 2.30. The van der Waals surface area contributed by atoms with Crippen molar-refractivity contribution in [3.8, 4) is 0 Å². The van der Waals surface area contributed by atoms with E-state index < -0.39 is 0 Å². The van der Waals surface area contributed by atoms with E-state index in [4.69, 9.17) is 7.85 Å². The van der Waals surface area contributed by atoms with Gasteiger partial charge in [-0.3, -0.25) is 0 Å². The molecule has 11 heavy (non-hydrogen) atoms. The van der Waals surface area contributed by atoms with Crippen molar-refractivity contribution in [3.05, 3.63) is 24.0 Å². The highest BCUT2D eigenvalue weighted by Crippen LogP contribution is 2.06. The molecule has 0 aliphatic rings. The number of H-pyrrole nitrogens is 1. The lowest BCUT2D eigenvalue weighted by atomic mass is 9.94. The van der Waals surface area contributed by atoms with Gasteiger partial charge in [-0.1, -0.05) is 11.5 Å². The summed E-state index contributed by atoms with van der Waals surface area (Å²) in [6, 6.07) is 3.84. The minimum absolute atomic E-state index is 0.799. The van der Waals surface area contributed by atoms with Crippen LogP contribution in [0.25, 0.3) is 11.0 Å². The van der Waals surface area contributed by atoms with E-state index in [0.717, 1.165) is 22.2 Å². The van der Waals surface area contributed by atoms with Gasteiger partial charge in [-0.15, -0.1) is 0 Å². The van der Waals surface area contributed by atoms with Crippen molar-refractivity contribution >= 4 is 24.3 Å². The van der Waals surface area contributed by atoms with E-state index in [1.165, 1.54) is 0 Å². The van der Waals surface area contributed by atoms with Gasteiger partial charge < -0.3 is 4.98 Å². The smallest absolute Gasteiger partial charge is 0.136 e.